The molecule has 1 fully saturated rings. The smallest absolute Gasteiger partial charge is 0.244 e. The molecule has 4 heteroatoms. The van der Waals surface area contributed by atoms with Crippen molar-refractivity contribution in [2.75, 3.05) is 36.4 Å². The monoisotopic (exact) mass is 337 g/mol. The van der Waals surface area contributed by atoms with Gasteiger partial charge in [-0.25, -0.2) is 0 Å². The molecule has 0 aliphatic carbocycles. The second-order valence-corrected chi connectivity index (χ2v) is 6.83. The molecule has 1 aliphatic rings. The lowest BCUT2D eigenvalue weighted by atomic mass is 10.1. The van der Waals surface area contributed by atoms with Crippen LogP contribution >= 0.6 is 0 Å². The van der Waals surface area contributed by atoms with Crippen LogP contribution in [0.2, 0.25) is 0 Å². The number of anilines is 2. The minimum absolute atomic E-state index is 0.174. The molecule has 25 heavy (non-hydrogen) atoms. The summed E-state index contributed by atoms with van der Waals surface area (Å²) >= 11 is 0. The lowest BCUT2D eigenvalue weighted by Crippen LogP contribution is -2.52. The van der Waals surface area contributed by atoms with E-state index in [1.165, 1.54) is 16.8 Å². The summed E-state index contributed by atoms with van der Waals surface area (Å²) in [6.45, 7) is 9.41. The molecule has 1 atom stereocenters. The Kier molecular flexibility index (Phi) is 5.27. The van der Waals surface area contributed by atoms with E-state index >= 15 is 0 Å². The van der Waals surface area contributed by atoms with Crippen molar-refractivity contribution in [2.24, 2.45) is 0 Å². The van der Waals surface area contributed by atoms with Gasteiger partial charge in [0.2, 0.25) is 5.91 Å². The number of benzene rings is 2. The average Bonchev–Trinajstić information content (AvgIpc) is 2.64. The van der Waals surface area contributed by atoms with Crippen molar-refractivity contribution in [3.8, 4) is 0 Å². The van der Waals surface area contributed by atoms with Gasteiger partial charge in [0.15, 0.2) is 0 Å². The van der Waals surface area contributed by atoms with Gasteiger partial charge in [0.1, 0.15) is 6.04 Å². The van der Waals surface area contributed by atoms with E-state index in [9.17, 15) is 4.79 Å². The number of carbonyl (C=O) groups is 1. The summed E-state index contributed by atoms with van der Waals surface area (Å²) in [6.07, 6.45) is 0. The van der Waals surface area contributed by atoms with Gasteiger partial charge in [-0.15, -0.1) is 0 Å². The van der Waals surface area contributed by atoms with Crippen molar-refractivity contribution in [1.29, 1.82) is 0 Å². The normalized spacial score (nSPS) is 15.8. The maximum absolute atomic E-state index is 12.8. The average molecular weight is 337 g/mol. The van der Waals surface area contributed by atoms with Crippen LogP contribution in [0.5, 0.6) is 0 Å². The fourth-order valence-corrected chi connectivity index (χ4v) is 3.37. The molecule has 1 saturated heterocycles. The molecule has 132 valence electrons. The fourth-order valence-electron chi connectivity index (χ4n) is 3.37. The number of carbonyl (C=O) groups excluding carboxylic acids is 1. The van der Waals surface area contributed by atoms with Gasteiger partial charge >= 0.3 is 0 Å². The van der Waals surface area contributed by atoms with Crippen molar-refractivity contribution in [3.63, 3.8) is 0 Å². The van der Waals surface area contributed by atoms with Gasteiger partial charge in [-0.05, 0) is 44.5 Å². The first kappa shape index (κ1) is 17.3. The molecule has 3 rings (SSSR count). The predicted molar refractivity (Wildman–Crippen MR) is 104 cm³/mol. The highest BCUT2D eigenvalue weighted by molar-refractivity contribution is 5.84. The maximum Gasteiger partial charge on any atom is 0.244 e. The van der Waals surface area contributed by atoms with Gasteiger partial charge in [-0.2, -0.15) is 0 Å². The third-order valence-corrected chi connectivity index (χ3v) is 4.84. The molecule has 2 aromatic rings. The molecular weight excluding hydrogens is 310 g/mol. The Bertz CT molecular complexity index is 721. The first-order valence-electron chi connectivity index (χ1n) is 8.97. The van der Waals surface area contributed by atoms with E-state index in [1.807, 2.05) is 17.9 Å². The van der Waals surface area contributed by atoms with Gasteiger partial charge in [0.25, 0.3) is 0 Å². The minimum Gasteiger partial charge on any atom is -0.374 e. The largest absolute Gasteiger partial charge is 0.374 e. The predicted octanol–water partition coefficient (Wildman–Crippen LogP) is 3.45. The van der Waals surface area contributed by atoms with Gasteiger partial charge in [0.05, 0.1) is 0 Å². The molecule has 4 nitrogen and oxygen atoms in total. The zero-order chi connectivity index (χ0) is 17.8. The molecule has 1 heterocycles. The first-order valence-corrected chi connectivity index (χ1v) is 8.97. The number of para-hydroxylation sites is 1. The summed E-state index contributed by atoms with van der Waals surface area (Å²) in [5, 5.41) is 3.37. The highest BCUT2D eigenvalue weighted by Gasteiger charge is 2.25. The number of piperazine rings is 1. The van der Waals surface area contributed by atoms with Gasteiger partial charge in [-0.1, -0.05) is 35.9 Å². The Morgan fingerprint density at radius 3 is 2.32 bits per heavy atom. The molecule has 2 aromatic carbocycles. The van der Waals surface area contributed by atoms with Crippen LogP contribution in [0.25, 0.3) is 0 Å². The van der Waals surface area contributed by atoms with Crippen LogP contribution in [-0.2, 0) is 4.79 Å². The minimum atomic E-state index is -0.218. The molecule has 0 bridgehead atoms. The Hall–Kier alpha value is -2.49. The molecule has 0 spiro atoms. The number of rotatable bonds is 4. The molecular formula is C21H27N3O. The van der Waals surface area contributed by atoms with E-state index in [2.05, 4.69) is 66.5 Å². The van der Waals surface area contributed by atoms with Crippen LogP contribution in [0.3, 0.4) is 0 Å². The van der Waals surface area contributed by atoms with E-state index in [0.717, 1.165) is 31.9 Å². The third kappa shape index (κ3) is 4.13. The number of nitrogens with one attached hydrogen (secondary N) is 1. The summed E-state index contributed by atoms with van der Waals surface area (Å²) in [7, 11) is 0. The Balaban J connectivity index is 1.56. The summed E-state index contributed by atoms with van der Waals surface area (Å²) in [4.78, 5) is 17.1. The van der Waals surface area contributed by atoms with Crippen molar-refractivity contribution < 1.29 is 4.79 Å². The van der Waals surface area contributed by atoms with Crippen molar-refractivity contribution >= 4 is 17.3 Å². The number of nitrogens with zero attached hydrogens (tertiary/aromatic N) is 2. The lowest BCUT2D eigenvalue weighted by molar-refractivity contribution is -0.131. The van der Waals surface area contributed by atoms with Gasteiger partial charge < -0.3 is 15.1 Å². The van der Waals surface area contributed by atoms with Crippen LogP contribution in [0, 0.1) is 13.8 Å². The highest BCUT2D eigenvalue weighted by atomic mass is 16.2. The third-order valence-electron chi connectivity index (χ3n) is 4.84. The molecule has 1 amide bonds. The number of aryl methyl sites for hydroxylation is 2. The number of amides is 1. The van der Waals surface area contributed by atoms with Gasteiger partial charge in [-0.3, -0.25) is 4.79 Å². The van der Waals surface area contributed by atoms with E-state index in [-0.39, 0.29) is 11.9 Å². The van der Waals surface area contributed by atoms with Crippen LogP contribution in [0.1, 0.15) is 18.1 Å². The maximum atomic E-state index is 12.8. The van der Waals surface area contributed by atoms with Crippen molar-refractivity contribution in [3.05, 3.63) is 59.7 Å². The van der Waals surface area contributed by atoms with E-state index in [0.29, 0.717) is 0 Å². The lowest BCUT2D eigenvalue weighted by Gasteiger charge is -2.37. The quantitative estimate of drug-likeness (QED) is 0.928. The van der Waals surface area contributed by atoms with E-state index < -0.39 is 0 Å². The second-order valence-electron chi connectivity index (χ2n) is 6.83. The zero-order valence-electron chi connectivity index (χ0n) is 15.3. The molecule has 0 saturated carbocycles. The van der Waals surface area contributed by atoms with Crippen molar-refractivity contribution in [2.45, 2.75) is 26.8 Å². The summed E-state index contributed by atoms with van der Waals surface area (Å²) in [5.41, 5.74) is 4.68. The Morgan fingerprint density at radius 1 is 1.00 bits per heavy atom. The van der Waals surface area contributed by atoms with E-state index in [1.54, 1.807) is 0 Å². The van der Waals surface area contributed by atoms with Gasteiger partial charge in [0, 0.05) is 37.6 Å². The number of hydrogen-bond acceptors (Lipinski definition) is 3. The summed E-state index contributed by atoms with van der Waals surface area (Å²) < 4.78 is 0. The van der Waals surface area contributed by atoms with E-state index in [4.69, 9.17) is 0 Å². The first-order chi connectivity index (χ1) is 12.0. The molecule has 1 N–H and O–H groups in total. The highest BCUT2D eigenvalue weighted by Crippen LogP contribution is 2.19. The fraction of sp³-hybridized carbons (Fsp3) is 0.381. The molecule has 0 aromatic heterocycles. The molecule has 0 radical (unpaired) electrons. The van der Waals surface area contributed by atoms with Crippen LogP contribution < -0.4 is 10.2 Å². The number of hydrogen-bond donors (Lipinski definition) is 1. The van der Waals surface area contributed by atoms with Crippen LogP contribution in [0.4, 0.5) is 11.4 Å². The van der Waals surface area contributed by atoms with Crippen molar-refractivity contribution in [1.82, 2.24) is 4.90 Å². The van der Waals surface area contributed by atoms with Crippen LogP contribution in [-0.4, -0.2) is 43.0 Å². The molecule has 1 aliphatic heterocycles. The zero-order valence-corrected chi connectivity index (χ0v) is 15.3. The Morgan fingerprint density at radius 2 is 1.68 bits per heavy atom. The second kappa shape index (κ2) is 7.60. The topological polar surface area (TPSA) is 35.6 Å². The summed E-state index contributed by atoms with van der Waals surface area (Å²) in [6, 6.07) is 16.5. The SMILES string of the molecule is Cc1ccc(N[C@@H](C)C(=O)N2CCN(c3ccccc3)CC2)c(C)c1. The summed E-state index contributed by atoms with van der Waals surface area (Å²) in [5.74, 6) is 0.174. The van der Waals surface area contributed by atoms with Crippen LogP contribution in [0.15, 0.2) is 48.5 Å². The molecule has 0 unspecified atom stereocenters. The Labute approximate surface area is 150 Å². The standard InChI is InChI=1S/C21H27N3O/c1-16-9-10-20(17(2)15-16)22-18(3)21(25)24-13-11-23(12-14-24)19-7-5-4-6-8-19/h4-10,15,18,22H,11-14H2,1-3H3/t18-/m0/s1.